The molecule has 0 unspecified atom stereocenters. The molecule has 0 aliphatic carbocycles. The summed E-state index contributed by atoms with van der Waals surface area (Å²) in [6.07, 6.45) is 5.53. The molecule has 11 nitrogen and oxygen atoms in total. The van der Waals surface area contributed by atoms with Crippen molar-refractivity contribution in [3.05, 3.63) is 75.4 Å². The van der Waals surface area contributed by atoms with E-state index < -0.39 is 15.6 Å². The molecule has 0 atom stereocenters. The van der Waals surface area contributed by atoms with Crippen molar-refractivity contribution in [2.75, 3.05) is 31.1 Å². The van der Waals surface area contributed by atoms with E-state index in [4.69, 9.17) is 0 Å². The quantitative estimate of drug-likeness (QED) is 0.342. The van der Waals surface area contributed by atoms with E-state index in [0.29, 0.717) is 35.3 Å². The van der Waals surface area contributed by atoms with E-state index >= 15 is 0 Å². The van der Waals surface area contributed by atoms with Crippen LogP contribution in [0.4, 0.5) is 5.95 Å². The summed E-state index contributed by atoms with van der Waals surface area (Å²) < 4.78 is 30.0. The van der Waals surface area contributed by atoms with Crippen LogP contribution in [0, 0.1) is 6.92 Å². The molecule has 4 heterocycles. The zero-order valence-electron chi connectivity index (χ0n) is 21.7. The van der Waals surface area contributed by atoms with Gasteiger partial charge in [0, 0.05) is 50.0 Å². The topological polar surface area (TPSA) is 130 Å². The molecule has 1 fully saturated rings. The van der Waals surface area contributed by atoms with Gasteiger partial charge >= 0.3 is 0 Å². The normalized spacial score (nSPS) is 14.6. The van der Waals surface area contributed by atoms with Crippen molar-refractivity contribution in [3.8, 4) is 0 Å². The number of aryl methyl sites for hydroxylation is 2. The van der Waals surface area contributed by atoms with E-state index in [9.17, 15) is 18.0 Å². The van der Waals surface area contributed by atoms with Gasteiger partial charge in [0.05, 0.1) is 11.7 Å². The highest BCUT2D eigenvalue weighted by molar-refractivity contribution is 7.89. The molecule has 5 rings (SSSR count). The first-order valence-electron chi connectivity index (χ1n) is 12.6. The Labute approximate surface area is 230 Å². The van der Waals surface area contributed by atoms with E-state index in [1.54, 1.807) is 25.4 Å². The molecule has 39 heavy (non-hydrogen) atoms. The predicted molar refractivity (Wildman–Crippen MR) is 149 cm³/mol. The molecule has 1 aliphatic heterocycles. The number of piperazine rings is 1. The average molecular weight is 568 g/mol. The minimum atomic E-state index is -3.98. The highest BCUT2D eigenvalue weighted by Gasteiger charge is 2.34. The summed E-state index contributed by atoms with van der Waals surface area (Å²) in [4.78, 5) is 41.6. The van der Waals surface area contributed by atoms with Gasteiger partial charge < -0.3 is 10.2 Å². The molecule has 1 aliphatic rings. The van der Waals surface area contributed by atoms with Gasteiger partial charge in [-0.3, -0.25) is 14.2 Å². The fourth-order valence-corrected chi connectivity index (χ4v) is 7.64. The lowest BCUT2D eigenvalue weighted by molar-refractivity contribution is -0.121. The van der Waals surface area contributed by atoms with Crippen molar-refractivity contribution in [1.29, 1.82) is 0 Å². The van der Waals surface area contributed by atoms with Crippen LogP contribution in [0.2, 0.25) is 0 Å². The fraction of sp³-hybridized carbons (Fsp3) is 0.346. The summed E-state index contributed by atoms with van der Waals surface area (Å²) in [7, 11) is -3.98. The second-order valence-electron chi connectivity index (χ2n) is 9.23. The minimum Gasteiger partial charge on any atom is -0.350 e. The molecule has 1 N–H and O–H groups in total. The Hall–Kier alpha value is -3.68. The molecule has 13 heteroatoms. The number of aromatic nitrogens is 4. The van der Waals surface area contributed by atoms with Crippen LogP contribution in [0.3, 0.4) is 0 Å². The number of anilines is 1. The number of hydrogen-bond donors (Lipinski definition) is 1. The molecular formula is C26H29N7O4S2. The third-order valence-corrected chi connectivity index (χ3v) is 9.92. The highest BCUT2D eigenvalue weighted by Crippen LogP contribution is 2.33. The number of carbonyl (C=O) groups excluding carboxylic acids is 1. The lowest BCUT2D eigenvalue weighted by Crippen LogP contribution is -2.49. The maximum atomic E-state index is 13.7. The lowest BCUT2D eigenvalue weighted by Gasteiger charge is -2.33. The third-order valence-electron chi connectivity index (χ3n) is 6.71. The summed E-state index contributed by atoms with van der Waals surface area (Å²) in [5.41, 5.74) is 1.60. The monoisotopic (exact) mass is 567 g/mol. The summed E-state index contributed by atoms with van der Waals surface area (Å²) in [5, 5.41) is 2.84. The molecule has 1 saturated heterocycles. The van der Waals surface area contributed by atoms with Gasteiger partial charge in [-0.25, -0.2) is 23.4 Å². The smallest absolute Gasteiger partial charge is 0.263 e. The molecule has 3 aromatic heterocycles. The van der Waals surface area contributed by atoms with Gasteiger partial charge in [0.15, 0.2) is 0 Å². The van der Waals surface area contributed by atoms with Gasteiger partial charge in [0.25, 0.3) is 5.56 Å². The van der Waals surface area contributed by atoms with Crippen LogP contribution in [-0.4, -0.2) is 64.3 Å². The number of carbonyl (C=O) groups is 1. The molecule has 204 valence electrons. The van der Waals surface area contributed by atoms with E-state index in [-0.39, 0.29) is 35.8 Å². The minimum absolute atomic E-state index is 0.0248. The molecule has 0 spiro atoms. The Kier molecular flexibility index (Phi) is 7.73. The SMILES string of the molecule is CCc1ccc(CNC(=O)Cn2cnc3sc(C)c(S(=O)(=O)N4CCN(c5ncccn5)CC4)c3c2=O)cc1. The van der Waals surface area contributed by atoms with Crippen LogP contribution in [0.25, 0.3) is 10.2 Å². The van der Waals surface area contributed by atoms with Gasteiger partial charge in [-0.1, -0.05) is 31.2 Å². The van der Waals surface area contributed by atoms with Gasteiger partial charge in [-0.2, -0.15) is 4.31 Å². The van der Waals surface area contributed by atoms with Gasteiger partial charge in [-0.15, -0.1) is 11.3 Å². The zero-order chi connectivity index (χ0) is 27.6. The molecule has 1 aromatic carbocycles. The Balaban J connectivity index is 1.34. The highest BCUT2D eigenvalue weighted by atomic mass is 32.2. The first-order valence-corrected chi connectivity index (χ1v) is 14.9. The summed E-state index contributed by atoms with van der Waals surface area (Å²) in [6.45, 7) is 5.12. The number of sulfonamides is 1. The number of fused-ring (bicyclic) bond motifs is 1. The predicted octanol–water partition coefficient (Wildman–Crippen LogP) is 1.95. The second kappa shape index (κ2) is 11.2. The third kappa shape index (κ3) is 5.56. The Bertz CT molecular complexity index is 1640. The molecule has 0 saturated carbocycles. The van der Waals surface area contributed by atoms with Crippen LogP contribution in [-0.2, 0) is 34.3 Å². The standard InChI is InChI=1S/C26H29N7O4S2/c1-3-19-5-7-20(8-6-19)15-29-21(34)16-32-17-30-24-22(25(32)35)23(18(2)38-24)39(36,37)33-13-11-31(12-14-33)26-27-9-4-10-28-26/h4-10,17H,3,11-16H2,1-2H3,(H,29,34). The van der Waals surface area contributed by atoms with Crippen molar-refractivity contribution in [2.24, 2.45) is 0 Å². The van der Waals surface area contributed by atoms with Crippen molar-refractivity contribution in [1.82, 2.24) is 29.1 Å². The molecule has 0 radical (unpaired) electrons. The largest absolute Gasteiger partial charge is 0.350 e. The van der Waals surface area contributed by atoms with Crippen molar-refractivity contribution >= 4 is 43.4 Å². The summed E-state index contributed by atoms with van der Waals surface area (Å²) >= 11 is 1.16. The Morgan fingerprint density at radius 1 is 1.03 bits per heavy atom. The first-order chi connectivity index (χ1) is 18.8. The average Bonchev–Trinajstić information content (AvgIpc) is 3.31. The number of hydrogen-bond acceptors (Lipinski definition) is 9. The lowest BCUT2D eigenvalue weighted by atomic mass is 10.1. The van der Waals surface area contributed by atoms with Crippen molar-refractivity contribution < 1.29 is 13.2 Å². The van der Waals surface area contributed by atoms with Crippen LogP contribution < -0.4 is 15.8 Å². The maximum absolute atomic E-state index is 13.7. The van der Waals surface area contributed by atoms with Gasteiger partial charge in [-0.05, 0) is 30.5 Å². The van der Waals surface area contributed by atoms with Crippen molar-refractivity contribution in [3.63, 3.8) is 0 Å². The van der Waals surface area contributed by atoms with Crippen LogP contribution in [0.5, 0.6) is 0 Å². The molecule has 4 aromatic rings. The van der Waals surface area contributed by atoms with Gasteiger partial charge in [0.1, 0.15) is 16.3 Å². The van der Waals surface area contributed by atoms with E-state index in [0.717, 1.165) is 27.9 Å². The van der Waals surface area contributed by atoms with Crippen LogP contribution in [0.1, 0.15) is 22.9 Å². The Morgan fingerprint density at radius 3 is 2.36 bits per heavy atom. The number of amides is 1. The maximum Gasteiger partial charge on any atom is 0.263 e. The molecular weight excluding hydrogens is 538 g/mol. The van der Waals surface area contributed by atoms with Gasteiger partial charge in [0.2, 0.25) is 21.9 Å². The fourth-order valence-electron chi connectivity index (χ4n) is 4.55. The number of thiophene rings is 1. The summed E-state index contributed by atoms with van der Waals surface area (Å²) in [6, 6.07) is 9.66. The molecule has 1 amide bonds. The first kappa shape index (κ1) is 26.9. The number of rotatable bonds is 8. The number of benzene rings is 1. The number of nitrogens with zero attached hydrogens (tertiary/aromatic N) is 6. The van der Waals surface area contributed by atoms with E-state index in [1.807, 2.05) is 29.2 Å². The van der Waals surface area contributed by atoms with Crippen LogP contribution >= 0.6 is 11.3 Å². The molecule has 0 bridgehead atoms. The zero-order valence-corrected chi connectivity index (χ0v) is 23.3. The van der Waals surface area contributed by atoms with E-state index in [2.05, 4.69) is 27.2 Å². The van der Waals surface area contributed by atoms with Crippen molar-refractivity contribution in [2.45, 2.75) is 38.3 Å². The Morgan fingerprint density at radius 2 is 1.69 bits per heavy atom. The summed E-state index contributed by atoms with van der Waals surface area (Å²) in [5.74, 6) is 0.184. The number of nitrogens with one attached hydrogen (secondary N) is 1. The van der Waals surface area contributed by atoms with E-state index in [1.165, 1.54) is 16.2 Å². The van der Waals surface area contributed by atoms with Crippen LogP contribution in [0.15, 0.2) is 58.7 Å². The second-order valence-corrected chi connectivity index (χ2v) is 12.3.